The topological polar surface area (TPSA) is 116 Å². The van der Waals surface area contributed by atoms with Crippen LogP contribution in [0, 0.1) is 0 Å². The minimum Gasteiger partial charge on any atom is -0.478 e. The predicted molar refractivity (Wildman–Crippen MR) is 102 cm³/mol. The maximum Gasteiger partial charge on any atom is 0.335 e. The number of carbonyl (C=O) groups is 4. The maximum atomic E-state index is 12.4. The zero-order valence-electron chi connectivity index (χ0n) is 14.3. The van der Waals surface area contributed by atoms with Crippen molar-refractivity contribution in [1.29, 1.82) is 0 Å². The average Bonchev–Trinajstić information content (AvgIpc) is 2.91. The second-order valence-electron chi connectivity index (χ2n) is 5.86. The summed E-state index contributed by atoms with van der Waals surface area (Å²) in [6, 6.07) is 11.5. The Hall–Kier alpha value is -3.65. The standard InChI is InChI=1S/C19H14ClN3O5/c20-13-5-1-11(2-6-13)9-15-17(25)23(19(28)22-15)10-16(24)21-14-7-3-12(4-8-14)18(26)27/h1-9H,10H2,(H,21,24)(H,22,28)(H,26,27)/b15-9-. The quantitative estimate of drug-likeness (QED) is 0.528. The van der Waals surface area contributed by atoms with Crippen LogP contribution in [0.3, 0.4) is 0 Å². The molecular formula is C19H14ClN3O5. The Balaban J connectivity index is 1.65. The van der Waals surface area contributed by atoms with E-state index in [0.29, 0.717) is 16.3 Å². The van der Waals surface area contributed by atoms with Crippen LogP contribution in [0.5, 0.6) is 0 Å². The molecule has 8 nitrogen and oxygen atoms in total. The van der Waals surface area contributed by atoms with Crippen molar-refractivity contribution in [2.45, 2.75) is 0 Å². The van der Waals surface area contributed by atoms with Crippen LogP contribution in [0.4, 0.5) is 10.5 Å². The van der Waals surface area contributed by atoms with E-state index in [2.05, 4.69) is 10.6 Å². The number of benzene rings is 2. The van der Waals surface area contributed by atoms with E-state index in [1.165, 1.54) is 30.3 Å². The van der Waals surface area contributed by atoms with Crippen LogP contribution in [0.2, 0.25) is 5.02 Å². The summed E-state index contributed by atoms with van der Waals surface area (Å²) in [6.45, 7) is -0.483. The van der Waals surface area contributed by atoms with Crippen molar-refractivity contribution in [2.75, 3.05) is 11.9 Å². The van der Waals surface area contributed by atoms with Gasteiger partial charge in [-0.25, -0.2) is 14.5 Å². The van der Waals surface area contributed by atoms with Crippen LogP contribution in [-0.4, -0.2) is 40.4 Å². The van der Waals surface area contributed by atoms with Gasteiger partial charge in [0.1, 0.15) is 12.2 Å². The van der Waals surface area contributed by atoms with Gasteiger partial charge >= 0.3 is 12.0 Å². The van der Waals surface area contributed by atoms with Gasteiger partial charge in [0.05, 0.1) is 5.56 Å². The number of nitrogens with one attached hydrogen (secondary N) is 2. The molecule has 9 heteroatoms. The summed E-state index contributed by atoms with van der Waals surface area (Å²) in [7, 11) is 0. The number of carbonyl (C=O) groups excluding carboxylic acids is 3. The number of urea groups is 1. The van der Waals surface area contributed by atoms with E-state index in [1.54, 1.807) is 24.3 Å². The molecule has 0 radical (unpaired) electrons. The number of hydrogen-bond donors (Lipinski definition) is 3. The fraction of sp³-hybridized carbons (Fsp3) is 0.0526. The maximum absolute atomic E-state index is 12.4. The minimum absolute atomic E-state index is 0.0472. The molecule has 0 saturated carbocycles. The number of halogens is 1. The largest absolute Gasteiger partial charge is 0.478 e. The van der Waals surface area contributed by atoms with Crippen molar-refractivity contribution in [3.63, 3.8) is 0 Å². The van der Waals surface area contributed by atoms with Crippen LogP contribution in [0.1, 0.15) is 15.9 Å². The Kier molecular flexibility index (Phi) is 5.42. The molecule has 1 aliphatic rings. The van der Waals surface area contributed by atoms with Crippen LogP contribution in [0.15, 0.2) is 54.2 Å². The highest BCUT2D eigenvalue weighted by Gasteiger charge is 2.34. The zero-order valence-corrected chi connectivity index (χ0v) is 15.1. The van der Waals surface area contributed by atoms with Gasteiger partial charge < -0.3 is 15.7 Å². The van der Waals surface area contributed by atoms with Crippen molar-refractivity contribution in [3.8, 4) is 0 Å². The molecule has 28 heavy (non-hydrogen) atoms. The van der Waals surface area contributed by atoms with Gasteiger partial charge in [0.15, 0.2) is 0 Å². The number of carboxylic acid groups (broad SMARTS) is 1. The third-order valence-electron chi connectivity index (χ3n) is 3.86. The van der Waals surface area contributed by atoms with Crippen molar-refractivity contribution >= 4 is 47.2 Å². The van der Waals surface area contributed by atoms with Crippen LogP contribution in [0.25, 0.3) is 6.08 Å². The Morgan fingerprint density at radius 1 is 1.07 bits per heavy atom. The van der Waals surface area contributed by atoms with E-state index >= 15 is 0 Å². The number of anilines is 1. The van der Waals surface area contributed by atoms with Gasteiger partial charge in [0.2, 0.25) is 5.91 Å². The third kappa shape index (κ3) is 4.36. The first kappa shape index (κ1) is 19.1. The van der Waals surface area contributed by atoms with Crippen molar-refractivity contribution < 1.29 is 24.3 Å². The molecule has 1 heterocycles. The second-order valence-corrected chi connectivity index (χ2v) is 6.30. The molecule has 0 atom stereocenters. The highest BCUT2D eigenvalue weighted by molar-refractivity contribution is 6.30. The molecule has 1 aliphatic heterocycles. The first-order valence-corrected chi connectivity index (χ1v) is 8.44. The van der Waals surface area contributed by atoms with Crippen molar-refractivity contribution in [1.82, 2.24) is 10.2 Å². The van der Waals surface area contributed by atoms with Gasteiger partial charge in [0, 0.05) is 10.7 Å². The summed E-state index contributed by atoms with van der Waals surface area (Å²) in [4.78, 5) is 48.2. The number of carboxylic acids is 1. The van der Waals surface area contributed by atoms with Gasteiger partial charge in [-0.05, 0) is 48.0 Å². The molecule has 0 unspecified atom stereocenters. The summed E-state index contributed by atoms with van der Waals surface area (Å²) in [5, 5.41) is 14.3. The Bertz CT molecular complexity index is 984. The first-order valence-electron chi connectivity index (χ1n) is 8.07. The van der Waals surface area contributed by atoms with Crippen molar-refractivity contribution in [2.24, 2.45) is 0 Å². The highest BCUT2D eigenvalue weighted by Crippen LogP contribution is 2.16. The fourth-order valence-corrected chi connectivity index (χ4v) is 2.61. The lowest BCUT2D eigenvalue weighted by Crippen LogP contribution is -2.38. The van der Waals surface area contributed by atoms with E-state index in [0.717, 1.165) is 4.90 Å². The summed E-state index contributed by atoms with van der Waals surface area (Å²) in [6.07, 6.45) is 1.49. The molecule has 4 amide bonds. The predicted octanol–water partition coefficient (Wildman–Crippen LogP) is 2.57. The molecule has 142 valence electrons. The zero-order chi connectivity index (χ0) is 20.3. The Morgan fingerprint density at radius 2 is 1.71 bits per heavy atom. The first-order chi connectivity index (χ1) is 13.3. The van der Waals surface area contributed by atoms with Gasteiger partial charge in [-0.3, -0.25) is 9.59 Å². The molecule has 3 N–H and O–H groups in total. The number of imide groups is 1. The summed E-state index contributed by atoms with van der Waals surface area (Å²) >= 11 is 5.81. The number of aromatic carboxylic acids is 1. The average molecular weight is 400 g/mol. The minimum atomic E-state index is -1.09. The number of rotatable bonds is 5. The number of hydrogen-bond acceptors (Lipinski definition) is 4. The SMILES string of the molecule is O=C(CN1C(=O)N/C(=C\c2ccc(Cl)cc2)C1=O)Nc1ccc(C(=O)O)cc1. The second kappa shape index (κ2) is 7.93. The van der Waals surface area contributed by atoms with Crippen LogP contribution < -0.4 is 10.6 Å². The van der Waals surface area contributed by atoms with E-state index in [9.17, 15) is 19.2 Å². The van der Waals surface area contributed by atoms with E-state index in [4.69, 9.17) is 16.7 Å². The van der Waals surface area contributed by atoms with E-state index in [-0.39, 0.29) is 11.3 Å². The monoisotopic (exact) mass is 399 g/mol. The Morgan fingerprint density at radius 3 is 2.32 bits per heavy atom. The highest BCUT2D eigenvalue weighted by atomic mass is 35.5. The van der Waals surface area contributed by atoms with Gasteiger partial charge in [-0.1, -0.05) is 23.7 Å². The Labute approximate surface area is 164 Å². The number of amides is 4. The fourth-order valence-electron chi connectivity index (χ4n) is 2.48. The lowest BCUT2D eigenvalue weighted by atomic mass is 10.2. The molecule has 1 fully saturated rings. The lowest BCUT2D eigenvalue weighted by molar-refractivity contribution is -0.127. The number of nitrogens with zero attached hydrogens (tertiary/aromatic N) is 1. The van der Waals surface area contributed by atoms with Crippen LogP contribution in [-0.2, 0) is 9.59 Å². The molecule has 0 aromatic heterocycles. The van der Waals surface area contributed by atoms with E-state index in [1.807, 2.05) is 0 Å². The molecule has 1 saturated heterocycles. The molecule has 0 spiro atoms. The molecule has 2 aromatic rings. The molecule has 0 aliphatic carbocycles. The summed E-state index contributed by atoms with van der Waals surface area (Å²) in [5.74, 6) is -2.31. The molecule has 2 aromatic carbocycles. The van der Waals surface area contributed by atoms with Gasteiger partial charge in [-0.2, -0.15) is 0 Å². The molecule has 3 rings (SSSR count). The molecule has 0 bridgehead atoms. The van der Waals surface area contributed by atoms with E-state index < -0.39 is 30.4 Å². The summed E-state index contributed by atoms with van der Waals surface area (Å²) < 4.78 is 0. The van der Waals surface area contributed by atoms with Gasteiger partial charge in [-0.15, -0.1) is 0 Å². The normalized spacial score (nSPS) is 14.9. The third-order valence-corrected chi connectivity index (χ3v) is 4.11. The molecular weight excluding hydrogens is 386 g/mol. The smallest absolute Gasteiger partial charge is 0.335 e. The van der Waals surface area contributed by atoms with Crippen molar-refractivity contribution in [3.05, 3.63) is 70.4 Å². The summed E-state index contributed by atoms with van der Waals surface area (Å²) in [5.41, 5.74) is 1.13. The van der Waals surface area contributed by atoms with Gasteiger partial charge in [0.25, 0.3) is 5.91 Å². The van der Waals surface area contributed by atoms with Crippen LogP contribution >= 0.6 is 11.6 Å². The lowest BCUT2D eigenvalue weighted by Gasteiger charge is -2.12.